The van der Waals surface area contributed by atoms with Crippen LogP contribution in [0.1, 0.15) is 25.3 Å². The Morgan fingerprint density at radius 2 is 1.79 bits per heavy atom. The zero-order valence-electron chi connectivity index (χ0n) is 16.5. The number of ether oxygens (including phenoxy) is 1. The Morgan fingerprint density at radius 3 is 2.45 bits per heavy atom. The molecule has 0 radical (unpaired) electrons. The minimum Gasteiger partial charge on any atom is -0.486 e. The van der Waals surface area contributed by atoms with Gasteiger partial charge in [-0.2, -0.15) is 4.98 Å². The molecule has 0 aliphatic rings. The summed E-state index contributed by atoms with van der Waals surface area (Å²) in [5.74, 6) is 1.34. The summed E-state index contributed by atoms with van der Waals surface area (Å²) in [6.45, 7) is 5.85. The van der Waals surface area contributed by atoms with E-state index in [1.54, 1.807) is 30.3 Å². The van der Waals surface area contributed by atoms with Crippen molar-refractivity contribution in [2.45, 2.75) is 27.2 Å². The highest BCUT2D eigenvalue weighted by atomic mass is 35.5. The first-order chi connectivity index (χ1) is 13.8. The largest absolute Gasteiger partial charge is 0.486 e. The maximum absolute atomic E-state index is 12.8. The smallest absolute Gasteiger partial charge is 0.227 e. The predicted molar refractivity (Wildman–Crippen MR) is 113 cm³/mol. The van der Waals surface area contributed by atoms with Gasteiger partial charge in [-0.3, -0.25) is 4.79 Å². The van der Waals surface area contributed by atoms with E-state index in [1.807, 2.05) is 32.9 Å². The van der Waals surface area contributed by atoms with Crippen LogP contribution < -0.4 is 4.74 Å². The Labute approximate surface area is 180 Å². The summed E-state index contributed by atoms with van der Waals surface area (Å²) in [5, 5.41) is 5.29. The summed E-state index contributed by atoms with van der Waals surface area (Å²) in [4.78, 5) is 17.2. The normalized spacial score (nSPS) is 12.2. The Kier molecular flexibility index (Phi) is 6.93. The van der Waals surface area contributed by atoms with Crippen molar-refractivity contribution in [2.24, 2.45) is 11.8 Å². The van der Waals surface area contributed by atoms with E-state index in [4.69, 9.17) is 32.5 Å². The standard InChI is InChI=1S/C22H22Cl2N2O3/c1-13(2)18(19(27)12-28-20-9-8-17(24)10-14(20)3)11-21-25-22(26-29-21)15-4-6-16(23)7-5-15/h4-10,13,18H,11-12H2,1-3H3/t18-/m0/s1. The molecule has 0 spiro atoms. The van der Waals surface area contributed by atoms with E-state index in [0.717, 1.165) is 11.1 Å². The lowest BCUT2D eigenvalue weighted by molar-refractivity contribution is -0.126. The van der Waals surface area contributed by atoms with Crippen molar-refractivity contribution in [1.82, 2.24) is 10.1 Å². The zero-order valence-corrected chi connectivity index (χ0v) is 18.0. The van der Waals surface area contributed by atoms with Crippen LogP contribution in [0.2, 0.25) is 10.0 Å². The molecule has 0 bridgehead atoms. The third-order valence-corrected chi connectivity index (χ3v) is 5.18. The fourth-order valence-electron chi connectivity index (χ4n) is 2.99. The van der Waals surface area contributed by atoms with E-state index in [-0.39, 0.29) is 24.2 Å². The number of aryl methyl sites for hydroxylation is 1. The van der Waals surface area contributed by atoms with Gasteiger partial charge in [0, 0.05) is 27.9 Å². The fourth-order valence-corrected chi connectivity index (χ4v) is 3.35. The zero-order chi connectivity index (χ0) is 21.0. The van der Waals surface area contributed by atoms with Crippen molar-refractivity contribution < 1.29 is 14.1 Å². The minimum absolute atomic E-state index is 0.0133. The van der Waals surface area contributed by atoms with Crippen molar-refractivity contribution in [3.63, 3.8) is 0 Å². The number of carbonyl (C=O) groups excluding carboxylic acids is 1. The van der Waals surface area contributed by atoms with Gasteiger partial charge in [0.05, 0.1) is 0 Å². The number of rotatable bonds is 8. The number of benzene rings is 2. The number of hydrogen-bond donors (Lipinski definition) is 0. The van der Waals surface area contributed by atoms with E-state index in [9.17, 15) is 4.79 Å². The molecule has 3 aromatic rings. The summed E-state index contributed by atoms with van der Waals surface area (Å²) in [6, 6.07) is 12.5. The summed E-state index contributed by atoms with van der Waals surface area (Å²) in [7, 11) is 0. The van der Waals surface area contributed by atoms with E-state index in [1.165, 1.54) is 0 Å². The van der Waals surface area contributed by atoms with Gasteiger partial charge in [0.15, 0.2) is 5.78 Å². The molecule has 3 rings (SSSR count). The summed E-state index contributed by atoms with van der Waals surface area (Å²) in [5.41, 5.74) is 1.69. The van der Waals surface area contributed by atoms with E-state index in [0.29, 0.717) is 33.9 Å². The van der Waals surface area contributed by atoms with E-state index in [2.05, 4.69) is 10.1 Å². The first-order valence-corrected chi connectivity index (χ1v) is 10.1. The second-order valence-corrected chi connectivity index (χ2v) is 8.11. The van der Waals surface area contributed by atoms with Crippen LogP contribution in [-0.4, -0.2) is 22.5 Å². The Hall–Kier alpha value is -2.37. The molecule has 0 saturated heterocycles. The number of Topliss-reactive ketones (excluding diaryl/α,β-unsaturated/α-hetero) is 1. The van der Waals surface area contributed by atoms with Crippen molar-refractivity contribution >= 4 is 29.0 Å². The average molecular weight is 433 g/mol. The lowest BCUT2D eigenvalue weighted by Gasteiger charge is -2.18. The SMILES string of the molecule is Cc1cc(Cl)ccc1OCC(=O)[C@@H](Cc1nc(-c2ccc(Cl)cc2)no1)C(C)C. The van der Waals surface area contributed by atoms with E-state index < -0.39 is 0 Å². The highest BCUT2D eigenvalue weighted by Gasteiger charge is 2.26. The molecular formula is C22H22Cl2N2O3. The monoisotopic (exact) mass is 432 g/mol. The summed E-state index contributed by atoms with van der Waals surface area (Å²) in [6.07, 6.45) is 0.361. The Bertz CT molecular complexity index is 984. The minimum atomic E-state index is -0.291. The number of aromatic nitrogens is 2. The highest BCUT2D eigenvalue weighted by Crippen LogP contribution is 2.24. The van der Waals surface area contributed by atoms with Gasteiger partial charge in [-0.1, -0.05) is 42.2 Å². The number of hydrogen-bond acceptors (Lipinski definition) is 5. The first-order valence-electron chi connectivity index (χ1n) is 9.33. The quantitative estimate of drug-likeness (QED) is 0.448. The van der Waals surface area contributed by atoms with Gasteiger partial charge in [0.25, 0.3) is 0 Å². The van der Waals surface area contributed by atoms with Crippen LogP contribution in [0.3, 0.4) is 0 Å². The van der Waals surface area contributed by atoms with Gasteiger partial charge in [-0.05, 0) is 60.9 Å². The third kappa shape index (κ3) is 5.58. The van der Waals surface area contributed by atoms with Gasteiger partial charge < -0.3 is 9.26 Å². The van der Waals surface area contributed by atoms with Crippen LogP contribution in [0, 0.1) is 18.8 Å². The van der Waals surface area contributed by atoms with E-state index >= 15 is 0 Å². The molecule has 29 heavy (non-hydrogen) atoms. The maximum atomic E-state index is 12.8. The van der Waals surface area contributed by atoms with Gasteiger partial charge in [-0.25, -0.2) is 0 Å². The molecular weight excluding hydrogens is 411 g/mol. The first kappa shape index (κ1) is 21.3. The fraction of sp³-hybridized carbons (Fsp3) is 0.318. The van der Waals surface area contributed by atoms with Crippen molar-refractivity contribution in [3.8, 4) is 17.1 Å². The molecule has 1 aromatic heterocycles. The molecule has 1 atom stereocenters. The molecule has 0 amide bonds. The second kappa shape index (κ2) is 9.42. The summed E-state index contributed by atoms with van der Waals surface area (Å²) < 4.78 is 11.1. The molecule has 5 nitrogen and oxygen atoms in total. The molecule has 0 fully saturated rings. The van der Waals surface area contributed by atoms with Crippen molar-refractivity contribution in [1.29, 1.82) is 0 Å². The van der Waals surface area contributed by atoms with Crippen molar-refractivity contribution in [2.75, 3.05) is 6.61 Å². The molecule has 1 heterocycles. The van der Waals surface area contributed by atoms with Crippen LogP contribution in [0.5, 0.6) is 5.75 Å². The number of carbonyl (C=O) groups is 1. The Balaban J connectivity index is 1.66. The predicted octanol–water partition coefficient (Wildman–Crippen LogP) is 5.81. The number of nitrogens with zero attached hydrogens (tertiary/aromatic N) is 2. The van der Waals surface area contributed by atoms with Gasteiger partial charge >= 0.3 is 0 Å². The topological polar surface area (TPSA) is 65.2 Å². The lowest BCUT2D eigenvalue weighted by atomic mass is 9.88. The molecule has 152 valence electrons. The van der Waals surface area contributed by atoms with Crippen LogP contribution in [0.4, 0.5) is 0 Å². The van der Waals surface area contributed by atoms with Crippen molar-refractivity contribution in [3.05, 3.63) is 64.0 Å². The lowest BCUT2D eigenvalue weighted by Crippen LogP contribution is -2.28. The molecule has 0 aliphatic carbocycles. The molecule has 7 heteroatoms. The van der Waals surface area contributed by atoms with Gasteiger partial charge in [0.2, 0.25) is 11.7 Å². The third-order valence-electron chi connectivity index (χ3n) is 4.69. The number of halogens is 2. The van der Waals surface area contributed by atoms with Gasteiger partial charge in [0.1, 0.15) is 12.4 Å². The van der Waals surface area contributed by atoms with Crippen LogP contribution in [0.25, 0.3) is 11.4 Å². The van der Waals surface area contributed by atoms with Crippen LogP contribution >= 0.6 is 23.2 Å². The second-order valence-electron chi connectivity index (χ2n) is 7.24. The molecule has 0 N–H and O–H groups in total. The molecule has 2 aromatic carbocycles. The maximum Gasteiger partial charge on any atom is 0.227 e. The van der Waals surface area contributed by atoms with Gasteiger partial charge in [-0.15, -0.1) is 0 Å². The molecule has 0 unspecified atom stereocenters. The summed E-state index contributed by atoms with van der Waals surface area (Å²) >= 11 is 11.9. The molecule has 0 aliphatic heterocycles. The Morgan fingerprint density at radius 1 is 1.10 bits per heavy atom. The number of ketones is 1. The highest BCUT2D eigenvalue weighted by molar-refractivity contribution is 6.30. The molecule has 0 saturated carbocycles. The van der Waals surface area contributed by atoms with Crippen LogP contribution in [-0.2, 0) is 11.2 Å². The van der Waals surface area contributed by atoms with Crippen LogP contribution in [0.15, 0.2) is 47.0 Å². The average Bonchev–Trinajstić information content (AvgIpc) is 3.14.